The van der Waals surface area contributed by atoms with Crippen molar-refractivity contribution in [1.29, 1.82) is 0 Å². The lowest BCUT2D eigenvalue weighted by atomic mass is 9.79. The molecule has 0 aromatic heterocycles. The molecule has 0 radical (unpaired) electrons. The van der Waals surface area contributed by atoms with Crippen molar-refractivity contribution in [3.8, 4) is 0 Å². The fourth-order valence-corrected chi connectivity index (χ4v) is 6.57. The van der Waals surface area contributed by atoms with E-state index >= 15 is 0 Å². The van der Waals surface area contributed by atoms with Crippen LogP contribution < -0.4 is 10.5 Å². The highest BCUT2D eigenvalue weighted by molar-refractivity contribution is 7.87. The van der Waals surface area contributed by atoms with Crippen LogP contribution in [0.3, 0.4) is 0 Å². The van der Waals surface area contributed by atoms with E-state index in [9.17, 15) is 21.6 Å². The predicted octanol–water partition coefficient (Wildman–Crippen LogP) is 1.84. The summed E-state index contributed by atoms with van der Waals surface area (Å²) in [6.07, 6.45) is -1.63. The van der Waals surface area contributed by atoms with Crippen molar-refractivity contribution in [2.45, 2.75) is 37.4 Å². The third-order valence-corrected chi connectivity index (χ3v) is 7.51. The van der Waals surface area contributed by atoms with Crippen molar-refractivity contribution in [1.82, 2.24) is 9.03 Å². The normalized spacial score (nSPS) is 34.2. The Hall–Kier alpha value is -1.32. The van der Waals surface area contributed by atoms with Gasteiger partial charge in [-0.15, -0.1) is 0 Å². The fraction of sp³-hybridized carbons (Fsp3) is 0.625. The molecule has 5 nitrogen and oxygen atoms in total. The maximum Gasteiger partial charge on any atom is 0.402 e. The number of benzene rings is 1. The average Bonchev–Trinajstić information content (AvgIpc) is 2.84. The fourth-order valence-electron chi connectivity index (χ4n) is 4.86. The van der Waals surface area contributed by atoms with Crippen LogP contribution in [0.1, 0.15) is 24.0 Å². The Kier molecular flexibility index (Phi) is 3.66. The van der Waals surface area contributed by atoms with E-state index in [0.29, 0.717) is 22.8 Å². The Morgan fingerprint density at radius 2 is 1.84 bits per heavy atom. The molecule has 2 fully saturated rings. The molecule has 2 aliphatic carbocycles. The van der Waals surface area contributed by atoms with Crippen LogP contribution in [0, 0.1) is 11.8 Å². The van der Waals surface area contributed by atoms with Crippen LogP contribution in [-0.2, 0) is 23.1 Å². The van der Waals surface area contributed by atoms with Crippen molar-refractivity contribution < 1.29 is 21.6 Å². The van der Waals surface area contributed by atoms with Crippen LogP contribution in [0.2, 0.25) is 0 Å². The van der Waals surface area contributed by atoms with Gasteiger partial charge in [-0.3, -0.25) is 0 Å². The number of fused-ring (bicyclic) bond motifs is 1. The summed E-state index contributed by atoms with van der Waals surface area (Å²) in [4.78, 5) is 0. The molecule has 1 saturated heterocycles. The second-order valence-corrected chi connectivity index (χ2v) is 9.11. The first-order valence-corrected chi connectivity index (χ1v) is 9.76. The van der Waals surface area contributed by atoms with Gasteiger partial charge in [0.25, 0.3) is 10.2 Å². The molecule has 1 aromatic carbocycles. The van der Waals surface area contributed by atoms with Crippen molar-refractivity contribution >= 4 is 15.9 Å². The molecule has 1 aromatic rings. The molecule has 2 bridgehead atoms. The van der Waals surface area contributed by atoms with Crippen LogP contribution in [0.4, 0.5) is 18.9 Å². The Balaban J connectivity index is 1.70. The van der Waals surface area contributed by atoms with Crippen LogP contribution in [0.15, 0.2) is 18.2 Å². The lowest BCUT2D eigenvalue weighted by Crippen LogP contribution is -2.52. The van der Waals surface area contributed by atoms with E-state index in [2.05, 4.69) is 4.72 Å². The van der Waals surface area contributed by atoms with Gasteiger partial charge in [-0.05, 0) is 60.8 Å². The molecular weight excluding hydrogens is 355 g/mol. The molecule has 9 heteroatoms. The molecule has 3 atom stereocenters. The van der Waals surface area contributed by atoms with Gasteiger partial charge in [-0.2, -0.15) is 30.6 Å². The molecular formula is C16H20F3N3O2S. The first-order valence-electron chi connectivity index (χ1n) is 8.32. The topological polar surface area (TPSA) is 75.4 Å². The summed E-state index contributed by atoms with van der Waals surface area (Å²) in [5, 5.41) is 0. The summed E-state index contributed by atoms with van der Waals surface area (Å²) in [5.74, 6) is -0.0241. The van der Waals surface area contributed by atoms with Crippen molar-refractivity contribution in [3.05, 3.63) is 29.3 Å². The van der Waals surface area contributed by atoms with E-state index in [1.165, 1.54) is 0 Å². The van der Waals surface area contributed by atoms with Gasteiger partial charge >= 0.3 is 6.18 Å². The van der Waals surface area contributed by atoms with E-state index in [1.54, 1.807) is 0 Å². The van der Waals surface area contributed by atoms with Gasteiger partial charge in [0.1, 0.15) is 6.54 Å². The number of nitrogens with zero attached hydrogens (tertiary/aromatic N) is 1. The maximum atomic E-state index is 12.8. The number of halogens is 3. The molecule has 0 unspecified atom stereocenters. The number of nitrogens with one attached hydrogen (secondary N) is 1. The summed E-state index contributed by atoms with van der Waals surface area (Å²) in [5.41, 5.74) is 7.90. The van der Waals surface area contributed by atoms with Gasteiger partial charge in [0.15, 0.2) is 0 Å². The summed E-state index contributed by atoms with van der Waals surface area (Å²) >= 11 is 0. The minimum absolute atomic E-state index is 0.00427. The lowest BCUT2D eigenvalue weighted by Gasteiger charge is -2.33. The Bertz CT molecular complexity index is 811. The molecule has 3 N–H and O–H groups in total. The molecule has 0 amide bonds. The van der Waals surface area contributed by atoms with E-state index in [-0.39, 0.29) is 18.4 Å². The summed E-state index contributed by atoms with van der Waals surface area (Å²) in [6.45, 7) is -1.56. The summed E-state index contributed by atoms with van der Waals surface area (Å²) < 4.78 is 66.4. The van der Waals surface area contributed by atoms with E-state index in [4.69, 9.17) is 5.73 Å². The zero-order valence-corrected chi connectivity index (χ0v) is 14.3. The van der Waals surface area contributed by atoms with Gasteiger partial charge in [-0.1, -0.05) is 6.07 Å². The average molecular weight is 375 g/mol. The first-order chi connectivity index (χ1) is 11.6. The third-order valence-electron chi connectivity index (χ3n) is 5.94. The number of rotatable bonds is 1. The number of hydrogen-bond donors (Lipinski definition) is 2. The second kappa shape index (κ2) is 5.34. The molecule has 1 aliphatic heterocycles. The largest absolute Gasteiger partial charge is 0.402 e. The highest BCUT2D eigenvalue weighted by Crippen LogP contribution is 2.50. The van der Waals surface area contributed by atoms with Gasteiger partial charge in [0.05, 0.1) is 5.54 Å². The minimum Gasteiger partial charge on any atom is -0.399 e. The standard InChI is InChI=1S/C16H20F3N3O2S/c17-16(18,19)9-22-8-15(21-25(22,23)24)12-2-3-13(15)6-11-7-14(20)4-1-10(11)5-12/h1,4,7,12-13,21H,2-3,5-6,8-9,20H2/t12-,13+,15+/m0/s1. The minimum atomic E-state index is -4.55. The number of nitrogens with two attached hydrogens (primary N) is 1. The van der Waals surface area contributed by atoms with Crippen LogP contribution in [0.25, 0.3) is 0 Å². The lowest BCUT2D eigenvalue weighted by molar-refractivity contribution is -0.136. The van der Waals surface area contributed by atoms with E-state index in [0.717, 1.165) is 24.0 Å². The predicted molar refractivity (Wildman–Crippen MR) is 86.9 cm³/mol. The van der Waals surface area contributed by atoms with Crippen molar-refractivity contribution in [3.63, 3.8) is 0 Å². The van der Waals surface area contributed by atoms with Gasteiger partial charge in [0.2, 0.25) is 0 Å². The highest BCUT2D eigenvalue weighted by atomic mass is 32.2. The van der Waals surface area contributed by atoms with Crippen molar-refractivity contribution in [2.75, 3.05) is 18.8 Å². The third kappa shape index (κ3) is 2.82. The molecule has 1 saturated carbocycles. The smallest absolute Gasteiger partial charge is 0.399 e. The number of alkyl halides is 3. The quantitative estimate of drug-likeness (QED) is 0.736. The SMILES string of the molecule is Nc1ccc2c(c1)C[C@H]1CC[C@@H](C2)[C@]12CN(CC(F)(F)F)S(=O)(=O)N2. The van der Waals surface area contributed by atoms with Gasteiger partial charge in [0, 0.05) is 12.2 Å². The molecule has 138 valence electrons. The number of anilines is 1. The van der Waals surface area contributed by atoms with Crippen molar-refractivity contribution in [2.24, 2.45) is 11.8 Å². The molecule has 3 aliphatic rings. The number of nitrogen functional groups attached to an aromatic ring is 1. The zero-order valence-electron chi connectivity index (χ0n) is 13.5. The van der Waals surface area contributed by atoms with E-state index in [1.807, 2.05) is 18.2 Å². The van der Waals surface area contributed by atoms with Gasteiger partial charge in [-0.25, -0.2) is 0 Å². The first kappa shape index (κ1) is 17.1. The monoisotopic (exact) mass is 375 g/mol. The number of hydrogen-bond acceptors (Lipinski definition) is 3. The van der Waals surface area contributed by atoms with Crippen LogP contribution >= 0.6 is 0 Å². The summed E-state index contributed by atoms with van der Waals surface area (Å²) in [6, 6.07) is 5.68. The zero-order chi connectivity index (χ0) is 18.0. The molecule has 25 heavy (non-hydrogen) atoms. The second-order valence-electron chi connectivity index (χ2n) is 7.44. The molecule has 1 heterocycles. The Morgan fingerprint density at radius 3 is 2.48 bits per heavy atom. The van der Waals surface area contributed by atoms with Crippen LogP contribution in [-0.4, -0.2) is 37.5 Å². The Morgan fingerprint density at radius 1 is 1.20 bits per heavy atom. The summed E-state index contributed by atoms with van der Waals surface area (Å²) in [7, 11) is -4.13. The van der Waals surface area contributed by atoms with E-state index < -0.39 is 28.5 Å². The van der Waals surface area contributed by atoms with Crippen LogP contribution in [0.5, 0.6) is 0 Å². The van der Waals surface area contributed by atoms with Gasteiger partial charge < -0.3 is 5.73 Å². The molecule has 4 rings (SSSR count). The molecule has 1 spiro atoms. The highest BCUT2D eigenvalue weighted by Gasteiger charge is 2.60. The maximum absolute atomic E-state index is 12.8. The Labute approximate surface area is 144 Å².